The summed E-state index contributed by atoms with van der Waals surface area (Å²) in [5.41, 5.74) is 7.74. The summed E-state index contributed by atoms with van der Waals surface area (Å²) in [6.07, 6.45) is 0. The van der Waals surface area contributed by atoms with E-state index in [1.54, 1.807) is 12.1 Å². The number of aromatic carboxylic acids is 1. The molecule has 3 aromatic carbocycles. The maximum Gasteiger partial charge on any atom is 0.335 e. The molecule has 29 heavy (non-hydrogen) atoms. The van der Waals surface area contributed by atoms with Crippen molar-refractivity contribution in [3.63, 3.8) is 0 Å². The molecular formula is C25H26O4. The minimum Gasteiger partial charge on any atom is -0.490 e. The summed E-state index contributed by atoms with van der Waals surface area (Å²) in [5, 5.41) is 19.1. The molecule has 150 valence electrons. The third kappa shape index (κ3) is 4.66. The van der Waals surface area contributed by atoms with Gasteiger partial charge in [0.25, 0.3) is 0 Å². The molecule has 0 fully saturated rings. The van der Waals surface area contributed by atoms with Gasteiger partial charge in [0.2, 0.25) is 0 Å². The van der Waals surface area contributed by atoms with Crippen molar-refractivity contribution in [2.45, 2.75) is 27.7 Å². The molecule has 0 aliphatic rings. The predicted octanol–water partition coefficient (Wildman–Crippen LogP) is 5.32. The second kappa shape index (κ2) is 8.50. The van der Waals surface area contributed by atoms with E-state index in [0.717, 1.165) is 33.4 Å². The van der Waals surface area contributed by atoms with E-state index in [4.69, 9.17) is 4.74 Å². The predicted molar refractivity (Wildman–Crippen MR) is 116 cm³/mol. The van der Waals surface area contributed by atoms with Crippen LogP contribution in [0.25, 0.3) is 22.3 Å². The first-order valence-corrected chi connectivity index (χ1v) is 9.61. The molecule has 2 N–H and O–H groups in total. The molecule has 0 aliphatic heterocycles. The highest BCUT2D eigenvalue weighted by Crippen LogP contribution is 2.41. The molecule has 0 heterocycles. The summed E-state index contributed by atoms with van der Waals surface area (Å²) in [6.45, 7) is 8.04. The summed E-state index contributed by atoms with van der Waals surface area (Å²) >= 11 is 0. The summed E-state index contributed by atoms with van der Waals surface area (Å²) in [6, 6.07) is 15.5. The number of aryl methyl sites for hydroxylation is 4. The van der Waals surface area contributed by atoms with Crippen LogP contribution in [-0.2, 0) is 0 Å². The number of aliphatic hydroxyl groups excluding tert-OH is 1. The third-order valence-corrected chi connectivity index (χ3v) is 4.74. The van der Waals surface area contributed by atoms with E-state index >= 15 is 0 Å². The molecule has 0 amide bonds. The van der Waals surface area contributed by atoms with Gasteiger partial charge in [-0.25, -0.2) is 4.79 Å². The molecule has 0 aliphatic carbocycles. The quantitative estimate of drug-likeness (QED) is 0.597. The molecule has 3 aromatic rings. The van der Waals surface area contributed by atoms with E-state index in [1.165, 1.54) is 0 Å². The first-order valence-electron chi connectivity index (χ1n) is 9.61. The van der Waals surface area contributed by atoms with Crippen molar-refractivity contribution in [3.05, 3.63) is 76.3 Å². The molecule has 0 bridgehead atoms. The molecule has 3 rings (SSSR count). The van der Waals surface area contributed by atoms with Crippen LogP contribution in [0.4, 0.5) is 0 Å². The fourth-order valence-corrected chi connectivity index (χ4v) is 3.74. The van der Waals surface area contributed by atoms with E-state index in [-0.39, 0.29) is 18.8 Å². The number of hydrogen-bond acceptors (Lipinski definition) is 3. The highest BCUT2D eigenvalue weighted by molar-refractivity contribution is 5.95. The smallest absolute Gasteiger partial charge is 0.335 e. The Morgan fingerprint density at radius 3 is 1.52 bits per heavy atom. The van der Waals surface area contributed by atoms with E-state index in [1.807, 2.05) is 52.0 Å². The van der Waals surface area contributed by atoms with Gasteiger partial charge in [0.15, 0.2) is 0 Å². The van der Waals surface area contributed by atoms with E-state index in [2.05, 4.69) is 12.1 Å². The number of hydrogen-bond donors (Lipinski definition) is 2. The Labute approximate surface area is 171 Å². The van der Waals surface area contributed by atoms with Gasteiger partial charge in [-0.05, 0) is 51.0 Å². The van der Waals surface area contributed by atoms with Crippen molar-refractivity contribution in [3.8, 4) is 28.0 Å². The SMILES string of the molecule is Cc1cc(C)cc(-c2cc(C(=O)O)cc(-c3cc(C)cc(C)c3)c2OCCO)c1. The summed E-state index contributed by atoms with van der Waals surface area (Å²) in [4.78, 5) is 11.9. The Kier molecular flexibility index (Phi) is 6.04. The normalized spacial score (nSPS) is 10.8. The minimum atomic E-state index is -0.991. The van der Waals surface area contributed by atoms with Crippen molar-refractivity contribution >= 4 is 5.97 Å². The molecule has 0 atom stereocenters. The Balaban J connectivity index is 2.36. The zero-order valence-corrected chi connectivity index (χ0v) is 17.2. The van der Waals surface area contributed by atoms with Crippen molar-refractivity contribution < 1.29 is 19.7 Å². The van der Waals surface area contributed by atoms with Crippen molar-refractivity contribution in [1.82, 2.24) is 0 Å². The van der Waals surface area contributed by atoms with Crippen LogP contribution >= 0.6 is 0 Å². The Bertz CT molecular complexity index is 953. The Hall–Kier alpha value is -3.11. The average molecular weight is 390 g/mol. The monoisotopic (exact) mass is 390 g/mol. The number of rotatable bonds is 6. The van der Waals surface area contributed by atoms with Crippen LogP contribution in [-0.4, -0.2) is 29.4 Å². The third-order valence-electron chi connectivity index (χ3n) is 4.74. The first kappa shape index (κ1) is 20.6. The van der Waals surface area contributed by atoms with Crippen molar-refractivity contribution in [2.75, 3.05) is 13.2 Å². The Morgan fingerprint density at radius 2 is 1.17 bits per heavy atom. The van der Waals surface area contributed by atoms with Crippen LogP contribution in [0.5, 0.6) is 5.75 Å². The molecule has 0 aromatic heterocycles. The molecule has 0 spiro atoms. The molecule has 0 radical (unpaired) electrons. The number of aliphatic hydroxyl groups is 1. The molecule has 0 unspecified atom stereocenters. The second-order valence-corrected chi connectivity index (χ2v) is 7.53. The van der Waals surface area contributed by atoms with Crippen LogP contribution in [0, 0.1) is 27.7 Å². The topological polar surface area (TPSA) is 66.8 Å². The lowest BCUT2D eigenvalue weighted by Gasteiger charge is -2.19. The average Bonchev–Trinajstić information content (AvgIpc) is 2.64. The van der Waals surface area contributed by atoms with E-state index < -0.39 is 5.97 Å². The number of carbonyl (C=O) groups is 1. The minimum absolute atomic E-state index is 0.126. The van der Waals surface area contributed by atoms with Gasteiger partial charge in [0, 0.05) is 11.1 Å². The molecule has 0 saturated heterocycles. The molecule has 4 nitrogen and oxygen atoms in total. The zero-order chi connectivity index (χ0) is 21.1. The van der Waals surface area contributed by atoms with Crippen molar-refractivity contribution in [1.29, 1.82) is 0 Å². The lowest BCUT2D eigenvalue weighted by atomic mass is 9.92. The molecule has 4 heteroatoms. The van der Waals surface area contributed by atoms with Gasteiger partial charge in [-0.15, -0.1) is 0 Å². The van der Waals surface area contributed by atoms with Crippen LogP contribution in [0.15, 0.2) is 48.5 Å². The number of benzene rings is 3. The van der Waals surface area contributed by atoms with Gasteiger partial charge < -0.3 is 14.9 Å². The molecule has 0 saturated carbocycles. The highest BCUT2D eigenvalue weighted by atomic mass is 16.5. The summed E-state index contributed by atoms with van der Waals surface area (Å²) < 4.78 is 5.98. The van der Waals surface area contributed by atoms with Gasteiger partial charge in [0.1, 0.15) is 12.4 Å². The van der Waals surface area contributed by atoms with Crippen LogP contribution in [0.2, 0.25) is 0 Å². The Morgan fingerprint density at radius 1 is 0.759 bits per heavy atom. The lowest BCUT2D eigenvalue weighted by Crippen LogP contribution is -2.06. The van der Waals surface area contributed by atoms with Crippen LogP contribution in [0.1, 0.15) is 32.6 Å². The van der Waals surface area contributed by atoms with Gasteiger partial charge in [-0.2, -0.15) is 0 Å². The maximum absolute atomic E-state index is 11.9. The fraction of sp³-hybridized carbons (Fsp3) is 0.240. The van der Waals surface area contributed by atoms with Gasteiger partial charge in [-0.3, -0.25) is 0 Å². The summed E-state index contributed by atoms with van der Waals surface area (Å²) in [7, 11) is 0. The largest absolute Gasteiger partial charge is 0.490 e. The van der Waals surface area contributed by atoms with E-state index in [0.29, 0.717) is 16.9 Å². The highest BCUT2D eigenvalue weighted by Gasteiger charge is 2.19. The van der Waals surface area contributed by atoms with E-state index in [9.17, 15) is 15.0 Å². The number of carboxylic acid groups (broad SMARTS) is 1. The second-order valence-electron chi connectivity index (χ2n) is 7.53. The van der Waals surface area contributed by atoms with Crippen molar-refractivity contribution in [2.24, 2.45) is 0 Å². The maximum atomic E-state index is 11.9. The fourth-order valence-electron chi connectivity index (χ4n) is 3.74. The summed E-state index contributed by atoms with van der Waals surface area (Å²) in [5.74, 6) is -0.408. The van der Waals surface area contributed by atoms with Gasteiger partial charge in [-0.1, -0.05) is 58.7 Å². The lowest BCUT2D eigenvalue weighted by molar-refractivity contribution is 0.0697. The van der Waals surface area contributed by atoms with Crippen LogP contribution < -0.4 is 4.74 Å². The standard InChI is InChI=1S/C25H26O4/c1-15-7-16(2)10-19(9-15)22-13-21(25(27)28)14-23(24(22)29-6-5-26)20-11-17(3)8-18(4)12-20/h7-14,26H,5-6H2,1-4H3,(H,27,28). The van der Waals surface area contributed by atoms with Gasteiger partial charge >= 0.3 is 5.97 Å². The van der Waals surface area contributed by atoms with Gasteiger partial charge in [0.05, 0.1) is 12.2 Å². The molecular weight excluding hydrogens is 364 g/mol. The van der Waals surface area contributed by atoms with Crippen LogP contribution in [0.3, 0.4) is 0 Å². The number of carboxylic acids is 1. The first-order chi connectivity index (χ1) is 13.8. The zero-order valence-electron chi connectivity index (χ0n) is 17.2. The number of ether oxygens (including phenoxy) is 1.